The van der Waals surface area contributed by atoms with E-state index >= 15 is 0 Å². The van der Waals surface area contributed by atoms with E-state index in [9.17, 15) is 22.4 Å². The fourth-order valence-corrected chi connectivity index (χ4v) is 4.34. The van der Waals surface area contributed by atoms with Gasteiger partial charge in [0.2, 0.25) is 21.8 Å². The molecule has 29 heavy (non-hydrogen) atoms. The number of piperazine rings is 1. The summed E-state index contributed by atoms with van der Waals surface area (Å²) in [5.41, 5.74) is 0.737. The van der Waals surface area contributed by atoms with Gasteiger partial charge < -0.3 is 9.80 Å². The number of carbonyl (C=O) groups excluding carboxylic acids is 2. The van der Waals surface area contributed by atoms with Crippen LogP contribution in [0.15, 0.2) is 24.3 Å². The van der Waals surface area contributed by atoms with Gasteiger partial charge in [0.1, 0.15) is 11.9 Å². The number of hydrogen-bond donors (Lipinski definition) is 1. The van der Waals surface area contributed by atoms with Gasteiger partial charge >= 0.3 is 0 Å². The second-order valence-electron chi connectivity index (χ2n) is 6.86. The molecule has 2 rings (SSSR count). The molecule has 2 amide bonds. The highest BCUT2D eigenvalue weighted by Gasteiger charge is 2.30. The highest BCUT2D eigenvalue weighted by atomic mass is 32.2. The first-order valence-electron chi connectivity index (χ1n) is 9.55. The number of hydrogen-bond acceptors (Lipinski definition) is 5. The molecule has 7 nitrogen and oxygen atoms in total. The van der Waals surface area contributed by atoms with E-state index in [2.05, 4.69) is 4.72 Å². The average molecular weight is 446 g/mol. The topological polar surface area (TPSA) is 86.8 Å². The number of halogens is 1. The maximum absolute atomic E-state index is 13.0. The summed E-state index contributed by atoms with van der Waals surface area (Å²) in [5, 5.41) is 0. The van der Waals surface area contributed by atoms with Crippen molar-refractivity contribution in [2.75, 3.05) is 43.9 Å². The van der Waals surface area contributed by atoms with E-state index in [1.54, 1.807) is 33.7 Å². The second kappa shape index (κ2) is 10.9. The zero-order chi connectivity index (χ0) is 21.4. The lowest BCUT2D eigenvalue weighted by atomic mass is 10.1. The third-order valence-corrected chi connectivity index (χ3v) is 6.87. The van der Waals surface area contributed by atoms with Crippen molar-refractivity contribution < 1.29 is 22.4 Å². The molecule has 162 valence electrons. The van der Waals surface area contributed by atoms with Gasteiger partial charge in [-0.2, -0.15) is 11.8 Å². The SMILES string of the molecule is CCS(=O)(=O)NC(CCSC)C(=O)N1CCN(C(=O)Cc2ccc(F)cc2)CC1. The van der Waals surface area contributed by atoms with Crippen LogP contribution in [-0.4, -0.2) is 80.0 Å². The van der Waals surface area contributed by atoms with E-state index in [4.69, 9.17) is 0 Å². The molecule has 1 heterocycles. The molecular formula is C19H28FN3O4S2. The predicted octanol–water partition coefficient (Wildman–Crippen LogP) is 1.10. The van der Waals surface area contributed by atoms with Gasteiger partial charge in [0, 0.05) is 26.2 Å². The van der Waals surface area contributed by atoms with Crippen LogP contribution < -0.4 is 4.72 Å². The third kappa shape index (κ3) is 7.27. The first-order valence-corrected chi connectivity index (χ1v) is 12.6. The molecule has 0 bridgehead atoms. The van der Waals surface area contributed by atoms with Gasteiger partial charge in [-0.05, 0) is 43.0 Å². The molecule has 1 fully saturated rings. The molecule has 10 heteroatoms. The molecule has 1 atom stereocenters. The summed E-state index contributed by atoms with van der Waals surface area (Å²) in [7, 11) is -3.49. The van der Waals surface area contributed by atoms with Gasteiger partial charge in [-0.3, -0.25) is 9.59 Å². The van der Waals surface area contributed by atoms with Crippen LogP contribution >= 0.6 is 11.8 Å². The van der Waals surface area contributed by atoms with E-state index in [1.165, 1.54) is 19.1 Å². The largest absolute Gasteiger partial charge is 0.339 e. The minimum atomic E-state index is -3.49. The first kappa shape index (κ1) is 23.6. The van der Waals surface area contributed by atoms with Crippen LogP contribution in [0.5, 0.6) is 0 Å². The van der Waals surface area contributed by atoms with Crippen molar-refractivity contribution >= 4 is 33.6 Å². The Balaban J connectivity index is 1.92. The van der Waals surface area contributed by atoms with Crippen molar-refractivity contribution in [3.05, 3.63) is 35.6 Å². The normalized spacial score (nSPS) is 16.0. The fourth-order valence-electron chi connectivity index (χ4n) is 3.05. The molecule has 0 spiro atoms. The van der Waals surface area contributed by atoms with Crippen LogP contribution in [0.1, 0.15) is 18.9 Å². The highest BCUT2D eigenvalue weighted by Crippen LogP contribution is 2.12. The molecule has 1 aromatic carbocycles. The Morgan fingerprint density at radius 1 is 1.14 bits per heavy atom. The van der Waals surface area contributed by atoms with Gasteiger partial charge in [0.25, 0.3) is 0 Å². The maximum Gasteiger partial charge on any atom is 0.240 e. The van der Waals surface area contributed by atoms with Gasteiger partial charge in [-0.1, -0.05) is 12.1 Å². The van der Waals surface area contributed by atoms with Gasteiger partial charge in [0.15, 0.2) is 0 Å². The van der Waals surface area contributed by atoms with Gasteiger partial charge in [-0.15, -0.1) is 0 Å². The van der Waals surface area contributed by atoms with Crippen molar-refractivity contribution in [3.8, 4) is 0 Å². The Morgan fingerprint density at radius 2 is 1.72 bits per heavy atom. The zero-order valence-corrected chi connectivity index (χ0v) is 18.4. The zero-order valence-electron chi connectivity index (χ0n) is 16.8. The van der Waals surface area contributed by atoms with Gasteiger partial charge in [-0.25, -0.2) is 17.5 Å². The molecule has 1 N–H and O–H groups in total. The maximum atomic E-state index is 13.0. The molecule has 0 saturated carbocycles. The summed E-state index contributed by atoms with van der Waals surface area (Å²) >= 11 is 1.55. The van der Waals surface area contributed by atoms with E-state index < -0.39 is 16.1 Å². The molecule has 1 unspecified atom stereocenters. The number of amides is 2. The highest BCUT2D eigenvalue weighted by molar-refractivity contribution is 7.98. The minimum absolute atomic E-state index is 0.0747. The lowest BCUT2D eigenvalue weighted by Gasteiger charge is -2.36. The van der Waals surface area contributed by atoms with Gasteiger partial charge in [0.05, 0.1) is 12.2 Å². The molecule has 1 saturated heterocycles. The molecular weight excluding hydrogens is 417 g/mol. The lowest BCUT2D eigenvalue weighted by molar-refractivity contribution is -0.140. The van der Waals surface area contributed by atoms with E-state index in [0.29, 0.717) is 38.4 Å². The number of benzene rings is 1. The summed E-state index contributed by atoms with van der Waals surface area (Å²) in [6.07, 6.45) is 2.51. The minimum Gasteiger partial charge on any atom is -0.339 e. The molecule has 0 aliphatic carbocycles. The number of carbonyl (C=O) groups is 2. The van der Waals surface area contributed by atoms with E-state index in [1.807, 2.05) is 6.26 Å². The van der Waals surface area contributed by atoms with Crippen LogP contribution in [0, 0.1) is 5.82 Å². The van der Waals surface area contributed by atoms with Crippen molar-refractivity contribution in [2.24, 2.45) is 0 Å². The van der Waals surface area contributed by atoms with E-state index in [0.717, 1.165) is 5.56 Å². The number of nitrogens with one attached hydrogen (secondary N) is 1. The Kier molecular flexibility index (Phi) is 8.91. The summed E-state index contributed by atoms with van der Waals surface area (Å²) in [6.45, 7) is 3.03. The molecule has 0 radical (unpaired) electrons. The number of sulfonamides is 1. The quantitative estimate of drug-likeness (QED) is 0.615. The Morgan fingerprint density at radius 3 is 2.28 bits per heavy atom. The standard InChI is InChI=1S/C19H28FN3O4S2/c1-3-29(26,27)21-17(8-13-28-2)19(25)23-11-9-22(10-12-23)18(24)14-15-4-6-16(20)7-5-15/h4-7,17,21H,3,8-14H2,1-2H3. The molecule has 1 aliphatic rings. The molecule has 1 aromatic rings. The van der Waals surface area contributed by atoms with Crippen molar-refractivity contribution in [1.82, 2.24) is 14.5 Å². The van der Waals surface area contributed by atoms with Crippen molar-refractivity contribution in [2.45, 2.75) is 25.8 Å². The lowest BCUT2D eigenvalue weighted by Crippen LogP contribution is -2.56. The molecule has 0 aromatic heterocycles. The Bertz CT molecular complexity index is 794. The Hall–Kier alpha value is -1.65. The number of rotatable bonds is 9. The number of thioether (sulfide) groups is 1. The average Bonchev–Trinajstić information content (AvgIpc) is 2.72. The van der Waals surface area contributed by atoms with Crippen LogP contribution in [0.2, 0.25) is 0 Å². The molecule has 1 aliphatic heterocycles. The second-order valence-corrected chi connectivity index (χ2v) is 9.89. The van der Waals surface area contributed by atoms with Crippen LogP contribution in [0.3, 0.4) is 0 Å². The summed E-state index contributed by atoms with van der Waals surface area (Å²) in [4.78, 5) is 28.6. The fraction of sp³-hybridized carbons (Fsp3) is 0.579. The van der Waals surface area contributed by atoms with Crippen LogP contribution in [0.4, 0.5) is 4.39 Å². The smallest absolute Gasteiger partial charge is 0.240 e. The van der Waals surface area contributed by atoms with Crippen LogP contribution in [-0.2, 0) is 26.0 Å². The Labute approximate surface area is 176 Å². The summed E-state index contributed by atoms with van der Waals surface area (Å²) < 4.78 is 39.4. The summed E-state index contributed by atoms with van der Waals surface area (Å²) in [5.74, 6) is -0.0837. The van der Waals surface area contributed by atoms with Crippen molar-refractivity contribution in [3.63, 3.8) is 0 Å². The summed E-state index contributed by atoms with van der Waals surface area (Å²) in [6, 6.07) is 5.04. The first-order chi connectivity index (χ1) is 13.8. The van der Waals surface area contributed by atoms with Crippen LogP contribution in [0.25, 0.3) is 0 Å². The van der Waals surface area contributed by atoms with Crippen molar-refractivity contribution in [1.29, 1.82) is 0 Å². The van der Waals surface area contributed by atoms with E-state index in [-0.39, 0.29) is 29.8 Å². The predicted molar refractivity (Wildman–Crippen MR) is 113 cm³/mol. The monoisotopic (exact) mass is 445 g/mol. The third-order valence-electron chi connectivity index (χ3n) is 4.82. The number of nitrogens with zero attached hydrogens (tertiary/aromatic N) is 2.